The summed E-state index contributed by atoms with van der Waals surface area (Å²) < 4.78 is 13.0. The molecule has 2 bridgehead atoms. The van der Waals surface area contributed by atoms with Crippen LogP contribution in [0.3, 0.4) is 0 Å². The van der Waals surface area contributed by atoms with Gasteiger partial charge in [0.2, 0.25) is 11.8 Å². The topological polar surface area (TPSA) is 57.7 Å². The van der Waals surface area contributed by atoms with E-state index in [-0.39, 0.29) is 47.1 Å². The number of ketones is 1. The van der Waals surface area contributed by atoms with E-state index in [0.717, 1.165) is 32.4 Å². The standard InChI is InChI=1S/C24H27FN2O3/c1-24-18-5-2-17(12-18)21(24)22(29)27(23(24)30)13-15-8-10-26(11-9-15)14-20(28)16-3-6-19(25)7-4-16/h2-7,15,17-18,21H,8-14H2,1H3. The Morgan fingerprint density at radius 3 is 2.50 bits per heavy atom. The fourth-order valence-corrected chi connectivity index (χ4v) is 6.07. The van der Waals surface area contributed by atoms with Crippen molar-refractivity contribution in [2.45, 2.75) is 26.2 Å². The highest BCUT2D eigenvalue weighted by atomic mass is 19.1. The van der Waals surface area contributed by atoms with Gasteiger partial charge >= 0.3 is 0 Å². The second kappa shape index (κ2) is 7.12. The van der Waals surface area contributed by atoms with Gasteiger partial charge in [-0.3, -0.25) is 24.2 Å². The molecule has 0 spiro atoms. The zero-order chi connectivity index (χ0) is 21.0. The van der Waals surface area contributed by atoms with Gasteiger partial charge in [0.25, 0.3) is 0 Å². The minimum Gasteiger partial charge on any atom is -0.296 e. The van der Waals surface area contributed by atoms with Crippen LogP contribution >= 0.6 is 0 Å². The van der Waals surface area contributed by atoms with E-state index < -0.39 is 5.41 Å². The van der Waals surface area contributed by atoms with E-state index in [1.165, 1.54) is 24.3 Å². The summed E-state index contributed by atoms with van der Waals surface area (Å²) in [4.78, 5) is 42.3. The molecule has 5 rings (SSSR count). The van der Waals surface area contributed by atoms with E-state index in [9.17, 15) is 18.8 Å². The van der Waals surface area contributed by atoms with Crippen LogP contribution in [0.4, 0.5) is 4.39 Å². The van der Waals surface area contributed by atoms with Gasteiger partial charge in [0.1, 0.15) is 5.82 Å². The second-order valence-corrected chi connectivity index (χ2v) is 9.55. The Kier molecular flexibility index (Phi) is 4.65. The van der Waals surface area contributed by atoms with Crippen LogP contribution in [0.1, 0.15) is 36.5 Å². The second-order valence-electron chi connectivity index (χ2n) is 9.55. The molecule has 158 valence electrons. The molecular formula is C24H27FN2O3. The summed E-state index contributed by atoms with van der Waals surface area (Å²) >= 11 is 0. The van der Waals surface area contributed by atoms with E-state index in [1.807, 2.05) is 6.92 Å². The minimum atomic E-state index is -0.543. The number of imide groups is 1. The fourth-order valence-electron chi connectivity index (χ4n) is 6.07. The molecule has 5 nitrogen and oxygen atoms in total. The molecule has 2 amide bonds. The molecule has 4 aliphatic rings. The van der Waals surface area contributed by atoms with Crippen molar-refractivity contribution in [2.75, 3.05) is 26.2 Å². The number of hydrogen-bond donors (Lipinski definition) is 0. The van der Waals surface area contributed by atoms with Crippen LogP contribution in [0.25, 0.3) is 0 Å². The molecule has 2 aliphatic carbocycles. The Bertz CT molecular complexity index is 919. The Morgan fingerprint density at radius 2 is 1.83 bits per heavy atom. The molecule has 1 aromatic carbocycles. The molecular weight excluding hydrogens is 383 g/mol. The van der Waals surface area contributed by atoms with Gasteiger partial charge < -0.3 is 0 Å². The summed E-state index contributed by atoms with van der Waals surface area (Å²) in [6.07, 6.45) is 6.92. The maximum atomic E-state index is 13.2. The Hall–Kier alpha value is -2.34. The van der Waals surface area contributed by atoms with Gasteiger partial charge in [-0.15, -0.1) is 0 Å². The molecule has 3 fully saturated rings. The number of benzene rings is 1. The third kappa shape index (κ3) is 2.96. The van der Waals surface area contributed by atoms with Crippen molar-refractivity contribution in [1.82, 2.24) is 9.80 Å². The number of allylic oxidation sites excluding steroid dienone is 2. The lowest BCUT2D eigenvalue weighted by Crippen LogP contribution is -2.43. The normalized spacial score (nSPS) is 33.5. The number of halogens is 1. The summed E-state index contributed by atoms with van der Waals surface area (Å²) in [5.41, 5.74) is -0.0199. The summed E-state index contributed by atoms with van der Waals surface area (Å²) in [6, 6.07) is 5.66. The predicted octanol–water partition coefficient (Wildman–Crippen LogP) is 2.92. The van der Waals surface area contributed by atoms with Crippen LogP contribution in [-0.4, -0.2) is 53.6 Å². The van der Waals surface area contributed by atoms with Crippen LogP contribution in [0.5, 0.6) is 0 Å². The maximum absolute atomic E-state index is 13.2. The van der Waals surface area contributed by atoms with Gasteiger partial charge in [-0.2, -0.15) is 0 Å². The summed E-state index contributed by atoms with van der Waals surface area (Å²) in [6.45, 7) is 4.33. The number of fused-ring (bicyclic) bond motifs is 5. The third-order valence-corrected chi connectivity index (χ3v) is 7.88. The zero-order valence-electron chi connectivity index (χ0n) is 17.2. The molecule has 0 N–H and O–H groups in total. The number of Topliss-reactive ketones (excluding diaryl/α,β-unsaturated/α-hetero) is 1. The van der Waals surface area contributed by atoms with Crippen molar-refractivity contribution in [3.05, 3.63) is 47.8 Å². The smallest absolute Gasteiger partial charge is 0.236 e. The van der Waals surface area contributed by atoms with Gasteiger partial charge in [0.05, 0.1) is 17.9 Å². The average molecular weight is 410 g/mol. The average Bonchev–Trinajstić information content (AvgIpc) is 3.37. The molecule has 4 unspecified atom stereocenters. The first-order valence-electron chi connectivity index (χ1n) is 10.9. The van der Waals surface area contributed by atoms with Crippen molar-refractivity contribution >= 4 is 17.6 Å². The first-order chi connectivity index (χ1) is 14.4. The highest BCUT2D eigenvalue weighted by Crippen LogP contribution is 2.60. The number of carbonyl (C=O) groups excluding carboxylic acids is 3. The molecule has 1 saturated carbocycles. The fraction of sp³-hybridized carbons (Fsp3) is 0.542. The monoisotopic (exact) mass is 410 g/mol. The van der Waals surface area contributed by atoms with Crippen molar-refractivity contribution in [3.8, 4) is 0 Å². The molecule has 2 aliphatic heterocycles. The first-order valence-corrected chi connectivity index (χ1v) is 10.9. The maximum Gasteiger partial charge on any atom is 0.236 e. The Labute approximate surface area is 175 Å². The minimum absolute atomic E-state index is 0.0120. The molecule has 0 radical (unpaired) electrons. The van der Waals surface area contributed by atoms with Crippen LogP contribution in [0.2, 0.25) is 0 Å². The van der Waals surface area contributed by atoms with Crippen LogP contribution in [0, 0.1) is 34.9 Å². The number of nitrogens with zero attached hydrogens (tertiary/aromatic N) is 2. The molecule has 2 saturated heterocycles. The predicted molar refractivity (Wildman–Crippen MR) is 109 cm³/mol. The molecule has 0 aromatic heterocycles. The van der Waals surface area contributed by atoms with Crippen LogP contribution in [0.15, 0.2) is 36.4 Å². The number of amides is 2. The quantitative estimate of drug-likeness (QED) is 0.426. The SMILES string of the molecule is CC12C(=O)N(CC3CCN(CC(=O)c4ccc(F)cc4)CC3)C(=O)C1C1C=CC2C1. The highest BCUT2D eigenvalue weighted by Gasteiger charge is 2.67. The van der Waals surface area contributed by atoms with E-state index in [1.54, 1.807) is 4.90 Å². The lowest BCUT2D eigenvalue weighted by atomic mass is 9.71. The largest absolute Gasteiger partial charge is 0.296 e. The number of rotatable bonds is 5. The van der Waals surface area contributed by atoms with Gasteiger partial charge in [0, 0.05) is 12.1 Å². The summed E-state index contributed by atoms with van der Waals surface area (Å²) in [7, 11) is 0. The lowest BCUT2D eigenvalue weighted by Gasteiger charge is -2.33. The number of carbonyl (C=O) groups is 3. The van der Waals surface area contributed by atoms with Gasteiger partial charge in [-0.25, -0.2) is 4.39 Å². The van der Waals surface area contributed by atoms with Crippen molar-refractivity contribution < 1.29 is 18.8 Å². The van der Waals surface area contributed by atoms with E-state index in [4.69, 9.17) is 0 Å². The Balaban J connectivity index is 1.16. The number of hydrogen-bond acceptors (Lipinski definition) is 4. The third-order valence-electron chi connectivity index (χ3n) is 7.88. The summed E-state index contributed by atoms with van der Waals surface area (Å²) in [5, 5.41) is 0. The van der Waals surface area contributed by atoms with E-state index in [0.29, 0.717) is 18.7 Å². The van der Waals surface area contributed by atoms with Crippen molar-refractivity contribution in [1.29, 1.82) is 0 Å². The van der Waals surface area contributed by atoms with Gasteiger partial charge in [0.15, 0.2) is 5.78 Å². The first kappa shape index (κ1) is 19.6. The lowest BCUT2D eigenvalue weighted by molar-refractivity contribution is -0.143. The molecule has 2 heterocycles. The van der Waals surface area contributed by atoms with E-state index in [2.05, 4.69) is 17.1 Å². The number of piperidine rings is 1. The summed E-state index contributed by atoms with van der Waals surface area (Å²) in [5.74, 6) is 0.212. The van der Waals surface area contributed by atoms with Gasteiger partial charge in [-0.05, 0) is 81.3 Å². The molecule has 1 aromatic rings. The highest BCUT2D eigenvalue weighted by molar-refractivity contribution is 6.08. The molecule has 6 heteroatoms. The van der Waals surface area contributed by atoms with Crippen molar-refractivity contribution in [3.63, 3.8) is 0 Å². The van der Waals surface area contributed by atoms with E-state index >= 15 is 0 Å². The molecule has 30 heavy (non-hydrogen) atoms. The molecule has 4 atom stereocenters. The Morgan fingerprint density at radius 1 is 1.13 bits per heavy atom. The number of likely N-dealkylation sites (tertiary alicyclic amines) is 2. The van der Waals surface area contributed by atoms with Crippen LogP contribution < -0.4 is 0 Å². The van der Waals surface area contributed by atoms with Gasteiger partial charge in [-0.1, -0.05) is 12.2 Å². The zero-order valence-corrected chi connectivity index (χ0v) is 17.2. The van der Waals surface area contributed by atoms with Crippen molar-refractivity contribution in [2.24, 2.45) is 29.1 Å². The van der Waals surface area contributed by atoms with Crippen LogP contribution in [-0.2, 0) is 9.59 Å².